The Morgan fingerprint density at radius 2 is 1.91 bits per heavy atom. The second kappa shape index (κ2) is 7.93. The number of hydrogen-bond acceptors (Lipinski definition) is 5. The number of rotatable bonds is 4. The fraction of sp³-hybridized carbons (Fsp3) is 0.458. The van der Waals surface area contributed by atoms with Crippen molar-refractivity contribution in [2.45, 2.75) is 32.2 Å². The summed E-state index contributed by atoms with van der Waals surface area (Å²) in [4.78, 5) is 8.31. The average molecular weight is 469 g/mol. The number of aromatic nitrogens is 4. The van der Waals surface area contributed by atoms with Crippen LogP contribution in [0.25, 0.3) is 16.9 Å². The highest BCUT2D eigenvalue weighted by atomic mass is 35.5. The summed E-state index contributed by atoms with van der Waals surface area (Å²) in [5.74, 6) is 7.25. The van der Waals surface area contributed by atoms with Crippen LogP contribution in [0.1, 0.15) is 31.7 Å². The summed E-state index contributed by atoms with van der Waals surface area (Å²) in [6, 6.07) is 2.61. The van der Waals surface area contributed by atoms with Crippen molar-refractivity contribution < 1.29 is 8.78 Å². The number of nitrogens with zero attached hydrogens (tertiary/aromatic N) is 4. The van der Waals surface area contributed by atoms with Crippen LogP contribution in [0.15, 0.2) is 18.5 Å². The molecule has 1 saturated heterocycles. The van der Waals surface area contributed by atoms with Crippen LogP contribution in [-0.2, 0) is 0 Å². The fourth-order valence-corrected chi connectivity index (χ4v) is 5.39. The van der Waals surface area contributed by atoms with E-state index in [0.29, 0.717) is 35.1 Å². The van der Waals surface area contributed by atoms with Gasteiger partial charge in [0.1, 0.15) is 28.9 Å². The van der Waals surface area contributed by atoms with Crippen molar-refractivity contribution in [3.63, 3.8) is 0 Å². The summed E-state index contributed by atoms with van der Waals surface area (Å²) < 4.78 is 32.1. The number of nitrogens with one attached hydrogen (secondary N) is 2. The molecule has 6 rings (SSSR count). The first kappa shape index (κ1) is 20.8. The molecule has 3 aromatic rings. The van der Waals surface area contributed by atoms with Crippen LogP contribution in [0.4, 0.5) is 14.6 Å². The Morgan fingerprint density at radius 3 is 2.58 bits per heavy atom. The minimum absolute atomic E-state index is 0.0336. The number of piperidine rings is 1. The first-order chi connectivity index (χ1) is 16.0. The molecule has 0 spiro atoms. The van der Waals surface area contributed by atoms with Gasteiger partial charge in [0.05, 0.1) is 11.1 Å². The average Bonchev–Trinajstić information content (AvgIpc) is 3.09. The monoisotopic (exact) mass is 468 g/mol. The largest absolute Gasteiger partial charge is 0.367 e. The molecule has 2 saturated carbocycles. The van der Waals surface area contributed by atoms with Crippen LogP contribution in [0, 0.1) is 47.1 Å². The van der Waals surface area contributed by atoms with Gasteiger partial charge >= 0.3 is 0 Å². The van der Waals surface area contributed by atoms with Crippen LogP contribution < -0.4 is 10.6 Å². The van der Waals surface area contributed by atoms with Crippen LogP contribution in [0.5, 0.6) is 0 Å². The lowest BCUT2D eigenvalue weighted by atomic mass is 9.80. The van der Waals surface area contributed by atoms with Gasteiger partial charge in [-0.2, -0.15) is 19.6 Å². The van der Waals surface area contributed by atoms with Gasteiger partial charge in [0.15, 0.2) is 0 Å². The van der Waals surface area contributed by atoms with Crippen LogP contribution in [0.2, 0.25) is 5.15 Å². The van der Waals surface area contributed by atoms with Gasteiger partial charge < -0.3 is 10.6 Å². The Balaban J connectivity index is 1.40. The van der Waals surface area contributed by atoms with E-state index in [0.717, 1.165) is 25.9 Å². The maximum absolute atomic E-state index is 15.3. The summed E-state index contributed by atoms with van der Waals surface area (Å²) in [6.07, 6.45) is 4.75. The predicted octanol–water partition coefficient (Wildman–Crippen LogP) is 4.14. The van der Waals surface area contributed by atoms with E-state index in [1.807, 2.05) is 0 Å². The van der Waals surface area contributed by atoms with Crippen LogP contribution >= 0.6 is 11.6 Å². The minimum atomic E-state index is -0.737. The van der Waals surface area contributed by atoms with E-state index in [-0.39, 0.29) is 28.1 Å². The van der Waals surface area contributed by atoms with E-state index in [9.17, 15) is 0 Å². The summed E-state index contributed by atoms with van der Waals surface area (Å²) in [7, 11) is 0. The molecule has 33 heavy (non-hydrogen) atoms. The lowest BCUT2D eigenvalue weighted by Crippen LogP contribution is -2.32. The number of hydrogen-bond donors (Lipinski definition) is 2. The smallest absolute Gasteiger partial charge is 0.255 e. The Hall–Kier alpha value is -2.76. The molecule has 9 heteroatoms. The summed E-state index contributed by atoms with van der Waals surface area (Å²) >= 11 is 6.46. The third-order valence-electron chi connectivity index (χ3n) is 7.37. The maximum atomic E-state index is 15.3. The third-order valence-corrected chi connectivity index (χ3v) is 7.64. The lowest BCUT2D eigenvalue weighted by Gasteiger charge is -2.33. The summed E-state index contributed by atoms with van der Waals surface area (Å²) in [6.45, 7) is 3.99. The molecule has 1 aromatic carbocycles. The Kier molecular flexibility index (Phi) is 5.00. The van der Waals surface area contributed by atoms with E-state index in [2.05, 4.69) is 44.5 Å². The van der Waals surface area contributed by atoms with Gasteiger partial charge in [0.25, 0.3) is 5.78 Å². The predicted molar refractivity (Wildman–Crippen MR) is 122 cm³/mol. The second-order valence-corrected chi connectivity index (χ2v) is 9.68. The molecular weight excluding hydrogens is 446 g/mol. The first-order valence-electron chi connectivity index (χ1n) is 11.4. The van der Waals surface area contributed by atoms with Crippen LogP contribution in [-0.4, -0.2) is 38.7 Å². The van der Waals surface area contributed by atoms with Gasteiger partial charge in [-0.05, 0) is 62.7 Å². The van der Waals surface area contributed by atoms with Gasteiger partial charge in [-0.15, -0.1) is 0 Å². The van der Waals surface area contributed by atoms with Crippen molar-refractivity contribution in [1.29, 1.82) is 0 Å². The lowest BCUT2D eigenvalue weighted by molar-refractivity contribution is 0.284. The molecule has 0 bridgehead atoms. The molecule has 1 aliphatic heterocycles. The number of anilines is 1. The molecule has 0 amide bonds. The van der Waals surface area contributed by atoms with Crippen LogP contribution in [0.3, 0.4) is 0 Å². The Labute approximate surface area is 195 Å². The number of benzene rings is 1. The standard InChI is InChI=1S/C24H23ClF2N6/c1-12(14-3-2-4-14)31-23-21(22(25)32-24-29-11-30-33(23)24)20-18(26)7-13(8-19(20)27)5-6-15-16-9-28-10-17(15)16/h7-8,11-12,14-17,28,31H,2-4,9-10H2,1H3/t12-,15?,16-,17+/m1/s1. The van der Waals surface area contributed by atoms with Crippen molar-refractivity contribution in [2.75, 3.05) is 18.4 Å². The normalized spacial score (nSPS) is 24.7. The zero-order chi connectivity index (χ0) is 22.7. The molecule has 170 valence electrons. The molecule has 6 nitrogen and oxygen atoms in total. The van der Waals surface area contributed by atoms with Gasteiger partial charge in [0, 0.05) is 17.5 Å². The van der Waals surface area contributed by atoms with Gasteiger partial charge in [-0.3, -0.25) is 0 Å². The van der Waals surface area contributed by atoms with Crippen molar-refractivity contribution in [1.82, 2.24) is 24.9 Å². The maximum Gasteiger partial charge on any atom is 0.255 e. The molecule has 1 unspecified atom stereocenters. The molecule has 0 radical (unpaired) electrons. The number of halogens is 3. The number of fused-ring (bicyclic) bond motifs is 2. The summed E-state index contributed by atoms with van der Waals surface area (Å²) in [5, 5.41) is 10.9. The first-order valence-corrected chi connectivity index (χ1v) is 11.8. The van der Waals surface area contributed by atoms with Gasteiger partial charge in [0.2, 0.25) is 0 Å². The molecule has 3 aliphatic rings. The van der Waals surface area contributed by atoms with Crippen molar-refractivity contribution >= 4 is 23.2 Å². The Bertz CT molecular complexity index is 1270. The highest BCUT2D eigenvalue weighted by Gasteiger charge is 2.51. The second-order valence-electron chi connectivity index (χ2n) is 9.32. The fourth-order valence-electron chi connectivity index (χ4n) is 5.13. The van der Waals surface area contributed by atoms with E-state index >= 15 is 8.78 Å². The van der Waals surface area contributed by atoms with Gasteiger partial charge in [-0.1, -0.05) is 29.9 Å². The third kappa shape index (κ3) is 3.54. The molecular formula is C24H23ClF2N6. The molecule has 4 atom stereocenters. The Morgan fingerprint density at radius 1 is 1.18 bits per heavy atom. The van der Waals surface area contributed by atoms with E-state index in [1.165, 1.54) is 29.4 Å². The molecule has 2 N–H and O–H groups in total. The molecule has 3 fully saturated rings. The van der Waals surface area contributed by atoms with Gasteiger partial charge in [-0.25, -0.2) is 8.78 Å². The van der Waals surface area contributed by atoms with Crippen molar-refractivity contribution in [2.24, 2.45) is 23.7 Å². The topological polar surface area (TPSA) is 67.1 Å². The summed E-state index contributed by atoms with van der Waals surface area (Å²) in [5.41, 5.74) is 0.208. The van der Waals surface area contributed by atoms with Crippen molar-refractivity contribution in [3.8, 4) is 23.0 Å². The SMILES string of the molecule is C[C@@H](Nc1c(-c2c(F)cc(C#CC3[C@H]4CNC[C@@H]34)cc2F)c(Cl)nc2ncnn12)C1CCC1. The molecule has 2 aliphatic carbocycles. The highest BCUT2D eigenvalue weighted by molar-refractivity contribution is 6.33. The highest BCUT2D eigenvalue weighted by Crippen LogP contribution is 2.48. The quantitative estimate of drug-likeness (QED) is 0.445. The van der Waals surface area contributed by atoms with E-state index < -0.39 is 11.6 Å². The zero-order valence-electron chi connectivity index (χ0n) is 18.1. The molecule has 2 aromatic heterocycles. The zero-order valence-corrected chi connectivity index (χ0v) is 18.8. The molecule has 3 heterocycles. The van der Waals surface area contributed by atoms with E-state index in [4.69, 9.17) is 11.6 Å². The van der Waals surface area contributed by atoms with Crippen molar-refractivity contribution in [3.05, 3.63) is 40.8 Å². The minimum Gasteiger partial charge on any atom is -0.367 e. The van der Waals surface area contributed by atoms with E-state index in [1.54, 1.807) is 0 Å².